The van der Waals surface area contributed by atoms with Crippen LogP contribution in [-0.2, 0) is 14.3 Å². The largest absolute Gasteiger partial charge is 0.481 e. The first kappa shape index (κ1) is 20.9. The molecule has 2 rings (SSSR count). The lowest BCUT2D eigenvalue weighted by atomic mass is 10.1. The standard InChI is InChI=1S/C20H22N2O6/c1-20(2,3)28-19(27)21-15(11-16(23)24)18(26)22-17(25)14-9-8-12-6-4-5-7-13(12)10-14/h4-10,15H,11H2,1-3H3,(H,21,27)(H,23,24)(H,22,25,26). The minimum Gasteiger partial charge on any atom is -0.481 e. The van der Waals surface area contributed by atoms with Crippen LogP contribution in [0, 0.1) is 0 Å². The summed E-state index contributed by atoms with van der Waals surface area (Å²) < 4.78 is 5.03. The van der Waals surface area contributed by atoms with Gasteiger partial charge in [-0.25, -0.2) is 4.79 Å². The van der Waals surface area contributed by atoms with Gasteiger partial charge in [-0.05, 0) is 43.7 Å². The Labute approximate surface area is 161 Å². The highest BCUT2D eigenvalue weighted by Crippen LogP contribution is 2.15. The molecule has 2 aromatic carbocycles. The Morgan fingerprint density at radius 2 is 1.68 bits per heavy atom. The zero-order valence-electron chi connectivity index (χ0n) is 15.8. The van der Waals surface area contributed by atoms with Crippen molar-refractivity contribution in [2.45, 2.75) is 38.8 Å². The second-order valence-corrected chi connectivity index (χ2v) is 7.18. The van der Waals surface area contributed by atoms with Gasteiger partial charge in [0.15, 0.2) is 0 Å². The van der Waals surface area contributed by atoms with E-state index in [0.717, 1.165) is 10.8 Å². The molecule has 0 aromatic heterocycles. The van der Waals surface area contributed by atoms with Crippen LogP contribution >= 0.6 is 0 Å². The lowest BCUT2D eigenvalue weighted by molar-refractivity contribution is -0.139. The number of nitrogens with one attached hydrogen (secondary N) is 2. The van der Waals surface area contributed by atoms with E-state index in [4.69, 9.17) is 9.84 Å². The molecule has 0 spiro atoms. The number of hydrogen-bond acceptors (Lipinski definition) is 5. The molecule has 2 aromatic rings. The Morgan fingerprint density at radius 3 is 2.29 bits per heavy atom. The fourth-order valence-electron chi connectivity index (χ4n) is 2.44. The van der Waals surface area contributed by atoms with Crippen LogP contribution in [0.15, 0.2) is 42.5 Å². The molecule has 0 aliphatic rings. The van der Waals surface area contributed by atoms with E-state index in [2.05, 4.69) is 10.6 Å². The van der Waals surface area contributed by atoms with E-state index in [1.165, 1.54) is 0 Å². The summed E-state index contributed by atoms with van der Waals surface area (Å²) in [5.41, 5.74) is -0.590. The van der Waals surface area contributed by atoms with Crippen LogP contribution in [0.4, 0.5) is 4.79 Å². The number of benzene rings is 2. The molecule has 0 aliphatic heterocycles. The number of amides is 3. The van der Waals surface area contributed by atoms with Crippen LogP contribution in [0.5, 0.6) is 0 Å². The van der Waals surface area contributed by atoms with E-state index in [0.29, 0.717) is 0 Å². The molecular weight excluding hydrogens is 364 g/mol. The Hall–Kier alpha value is -3.42. The van der Waals surface area contributed by atoms with Crippen LogP contribution in [-0.4, -0.2) is 40.6 Å². The summed E-state index contributed by atoms with van der Waals surface area (Å²) >= 11 is 0. The molecule has 0 heterocycles. The van der Waals surface area contributed by atoms with Crippen LogP contribution in [0.3, 0.4) is 0 Å². The summed E-state index contributed by atoms with van der Waals surface area (Å²) in [5, 5.41) is 15.0. The molecule has 8 nitrogen and oxygen atoms in total. The molecule has 8 heteroatoms. The van der Waals surface area contributed by atoms with Crippen molar-refractivity contribution in [3.05, 3.63) is 48.0 Å². The third kappa shape index (κ3) is 6.08. The number of hydrogen-bond donors (Lipinski definition) is 3. The third-order valence-electron chi connectivity index (χ3n) is 3.63. The second kappa shape index (κ2) is 8.51. The number of carboxylic acid groups (broad SMARTS) is 1. The number of fused-ring (bicyclic) bond motifs is 1. The summed E-state index contributed by atoms with van der Waals surface area (Å²) in [6.45, 7) is 4.88. The minimum atomic E-state index is -1.46. The molecule has 1 unspecified atom stereocenters. The first-order valence-corrected chi connectivity index (χ1v) is 8.60. The van der Waals surface area contributed by atoms with Gasteiger partial charge >= 0.3 is 12.1 Å². The molecule has 0 saturated carbocycles. The maximum absolute atomic E-state index is 12.4. The van der Waals surface area contributed by atoms with Gasteiger partial charge in [-0.1, -0.05) is 30.3 Å². The Morgan fingerprint density at radius 1 is 1.04 bits per heavy atom. The molecule has 0 fully saturated rings. The van der Waals surface area contributed by atoms with Gasteiger partial charge in [0, 0.05) is 5.56 Å². The molecule has 28 heavy (non-hydrogen) atoms. The van der Waals surface area contributed by atoms with E-state index in [-0.39, 0.29) is 5.56 Å². The Balaban J connectivity index is 2.11. The highest BCUT2D eigenvalue weighted by atomic mass is 16.6. The summed E-state index contributed by atoms with van der Waals surface area (Å²) in [6.07, 6.45) is -1.65. The average Bonchev–Trinajstić information content (AvgIpc) is 2.58. The topological polar surface area (TPSA) is 122 Å². The molecule has 3 amide bonds. The van der Waals surface area contributed by atoms with Crippen molar-refractivity contribution in [3.63, 3.8) is 0 Å². The number of rotatable bonds is 5. The van der Waals surface area contributed by atoms with Gasteiger partial charge in [-0.15, -0.1) is 0 Å². The molecular formula is C20H22N2O6. The van der Waals surface area contributed by atoms with Crippen LogP contribution < -0.4 is 10.6 Å². The third-order valence-corrected chi connectivity index (χ3v) is 3.63. The number of carbonyl (C=O) groups excluding carboxylic acids is 3. The SMILES string of the molecule is CC(C)(C)OC(=O)NC(CC(=O)O)C(=O)NC(=O)c1ccc2ccccc2c1. The smallest absolute Gasteiger partial charge is 0.408 e. The second-order valence-electron chi connectivity index (χ2n) is 7.18. The fourth-order valence-corrected chi connectivity index (χ4v) is 2.44. The van der Waals surface area contributed by atoms with E-state index in [1.54, 1.807) is 39.0 Å². The van der Waals surface area contributed by atoms with Gasteiger partial charge in [-0.3, -0.25) is 19.7 Å². The fraction of sp³-hybridized carbons (Fsp3) is 0.300. The van der Waals surface area contributed by atoms with Gasteiger partial charge < -0.3 is 15.2 Å². The maximum atomic E-state index is 12.4. The maximum Gasteiger partial charge on any atom is 0.408 e. The van der Waals surface area contributed by atoms with Crippen molar-refractivity contribution in [2.75, 3.05) is 0 Å². The molecule has 0 saturated heterocycles. The van der Waals surface area contributed by atoms with Crippen LogP contribution in [0.2, 0.25) is 0 Å². The normalized spacial score (nSPS) is 12.1. The van der Waals surface area contributed by atoms with Gasteiger partial charge in [-0.2, -0.15) is 0 Å². The first-order chi connectivity index (χ1) is 13.0. The highest BCUT2D eigenvalue weighted by Gasteiger charge is 2.28. The number of imide groups is 1. The first-order valence-electron chi connectivity index (χ1n) is 8.60. The predicted octanol–water partition coefficient (Wildman–Crippen LogP) is 2.46. The van der Waals surface area contributed by atoms with Gasteiger partial charge in [0.25, 0.3) is 5.91 Å². The van der Waals surface area contributed by atoms with E-state index < -0.39 is 41.9 Å². The van der Waals surface area contributed by atoms with Crippen molar-refractivity contribution in [1.29, 1.82) is 0 Å². The van der Waals surface area contributed by atoms with Crippen molar-refractivity contribution in [1.82, 2.24) is 10.6 Å². The number of ether oxygens (including phenoxy) is 1. The minimum absolute atomic E-state index is 0.235. The average molecular weight is 386 g/mol. The molecule has 148 valence electrons. The van der Waals surface area contributed by atoms with Crippen LogP contribution in [0.25, 0.3) is 10.8 Å². The number of carboxylic acids is 1. The zero-order valence-corrected chi connectivity index (χ0v) is 15.8. The molecule has 3 N–H and O–H groups in total. The van der Waals surface area contributed by atoms with Gasteiger partial charge in [0.2, 0.25) is 5.91 Å². The Kier molecular flexibility index (Phi) is 6.35. The van der Waals surface area contributed by atoms with Gasteiger partial charge in [0.05, 0.1) is 6.42 Å². The summed E-state index contributed by atoms with van der Waals surface area (Å²) in [7, 11) is 0. The van der Waals surface area contributed by atoms with Crippen molar-refractivity contribution >= 4 is 34.6 Å². The lowest BCUT2D eigenvalue weighted by Crippen LogP contribution is -2.50. The number of alkyl carbamates (subject to hydrolysis) is 1. The van der Waals surface area contributed by atoms with E-state index >= 15 is 0 Å². The monoisotopic (exact) mass is 386 g/mol. The van der Waals surface area contributed by atoms with E-state index in [1.807, 2.05) is 24.3 Å². The Bertz CT molecular complexity index is 916. The highest BCUT2D eigenvalue weighted by molar-refractivity contribution is 6.08. The predicted molar refractivity (Wildman–Crippen MR) is 102 cm³/mol. The summed E-state index contributed by atoms with van der Waals surface area (Å²) in [4.78, 5) is 47.6. The van der Waals surface area contributed by atoms with Crippen molar-refractivity contribution < 1.29 is 29.0 Å². The van der Waals surface area contributed by atoms with Crippen molar-refractivity contribution in [2.24, 2.45) is 0 Å². The summed E-state index contributed by atoms with van der Waals surface area (Å²) in [5.74, 6) is -2.95. The number of carbonyl (C=O) groups is 4. The lowest BCUT2D eigenvalue weighted by Gasteiger charge is -2.22. The zero-order chi connectivity index (χ0) is 20.9. The van der Waals surface area contributed by atoms with Crippen molar-refractivity contribution in [3.8, 4) is 0 Å². The van der Waals surface area contributed by atoms with Gasteiger partial charge in [0.1, 0.15) is 11.6 Å². The molecule has 0 radical (unpaired) electrons. The molecule has 1 atom stereocenters. The van der Waals surface area contributed by atoms with Crippen LogP contribution in [0.1, 0.15) is 37.6 Å². The van der Waals surface area contributed by atoms with E-state index in [9.17, 15) is 19.2 Å². The molecule has 0 aliphatic carbocycles. The number of aliphatic carboxylic acids is 1. The molecule has 0 bridgehead atoms. The quantitative estimate of drug-likeness (QED) is 0.726. The summed E-state index contributed by atoms with van der Waals surface area (Å²) in [6, 6.07) is 10.8.